The summed E-state index contributed by atoms with van der Waals surface area (Å²) in [7, 11) is 0. The molecule has 96 valence electrons. The van der Waals surface area contributed by atoms with Gasteiger partial charge in [-0.3, -0.25) is 9.48 Å². The summed E-state index contributed by atoms with van der Waals surface area (Å²) >= 11 is 0. The SMILES string of the molecule is CCn1ncnc1CC(=O)c1cn(CCN)nn1. The van der Waals surface area contributed by atoms with Gasteiger partial charge in [-0.05, 0) is 6.92 Å². The number of carbonyl (C=O) groups is 1. The third-order valence-electron chi connectivity index (χ3n) is 2.50. The fraction of sp³-hybridized carbons (Fsp3) is 0.500. The highest BCUT2D eigenvalue weighted by Gasteiger charge is 2.14. The van der Waals surface area contributed by atoms with Crippen molar-refractivity contribution < 1.29 is 4.79 Å². The fourth-order valence-corrected chi connectivity index (χ4v) is 1.59. The fourth-order valence-electron chi connectivity index (χ4n) is 1.59. The second kappa shape index (κ2) is 5.50. The molecule has 0 amide bonds. The number of carbonyl (C=O) groups excluding carboxylic acids is 1. The number of hydrogen-bond acceptors (Lipinski definition) is 6. The molecule has 0 aromatic carbocycles. The van der Waals surface area contributed by atoms with Crippen LogP contribution in [-0.2, 0) is 19.5 Å². The smallest absolute Gasteiger partial charge is 0.192 e. The summed E-state index contributed by atoms with van der Waals surface area (Å²) < 4.78 is 3.24. The van der Waals surface area contributed by atoms with Gasteiger partial charge in [-0.15, -0.1) is 5.10 Å². The molecule has 2 aromatic rings. The maximum Gasteiger partial charge on any atom is 0.192 e. The molecule has 0 unspecified atom stereocenters. The lowest BCUT2D eigenvalue weighted by Gasteiger charge is -2.00. The molecule has 0 aliphatic heterocycles. The van der Waals surface area contributed by atoms with Gasteiger partial charge >= 0.3 is 0 Å². The van der Waals surface area contributed by atoms with Crippen molar-refractivity contribution in [3.63, 3.8) is 0 Å². The van der Waals surface area contributed by atoms with Gasteiger partial charge in [0.25, 0.3) is 0 Å². The number of hydrogen-bond donors (Lipinski definition) is 1. The summed E-state index contributed by atoms with van der Waals surface area (Å²) in [6, 6.07) is 0. The van der Waals surface area contributed by atoms with Crippen LogP contribution in [0.2, 0.25) is 0 Å². The van der Waals surface area contributed by atoms with Crippen LogP contribution in [0.4, 0.5) is 0 Å². The Morgan fingerprint density at radius 3 is 3.06 bits per heavy atom. The lowest BCUT2D eigenvalue weighted by atomic mass is 10.2. The quantitative estimate of drug-likeness (QED) is 0.677. The summed E-state index contributed by atoms with van der Waals surface area (Å²) in [5.41, 5.74) is 5.73. The number of nitrogens with zero attached hydrogens (tertiary/aromatic N) is 6. The van der Waals surface area contributed by atoms with Crippen LogP contribution in [0.3, 0.4) is 0 Å². The van der Waals surface area contributed by atoms with Gasteiger partial charge in [0.05, 0.1) is 19.2 Å². The molecule has 2 heterocycles. The monoisotopic (exact) mass is 249 g/mol. The molecular formula is C10H15N7O. The Morgan fingerprint density at radius 1 is 1.50 bits per heavy atom. The van der Waals surface area contributed by atoms with Crippen LogP contribution in [0.25, 0.3) is 0 Å². The first-order chi connectivity index (χ1) is 8.74. The lowest BCUT2D eigenvalue weighted by molar-refractivity contribution is 0.0984. The highest BCUT2D eigenvalue weighted by Crippen LogP contribution is 2.02. The minimum absolute atomic E-state index is 0.124. The van der Waals surface area contributed by atoms with Gasteiger partial charge in [-0.2, -0.15) is 5.10 Å². The largest absolute Gasteiger partial charge is 0.329 e. The summed E-state index contributed by atoms with van der Waals surface area (Å²) in [6.07, 6.45) is 3.22. The van der Waals surface area contributed by atoms with E-state index in [9.17, 15) is 4.79 Å². The van der Waals surface area contributed by atoms with Gasteiger partial charge in [0.15, 0.2) is 5.78 Å². The Labute approximate surface area is 104 Å². The first-order valence-corrected chi connectivity index (χ1v) is 5.74. The molecule has 0 atom stereocenters. The van der Waals surface area contributed by atoms with Gasteiger partial charge in [0.1, 0.15) is 17.8 Å². The molecule has 18 heavy (non-hydrogen) atoms. The zero-order valence-corrected chi connectivity index (χ0v) is 10.2. The molecular weight excluding hydrogens is 234 g/mol. The first kappa shape index (κ1) is 12.4. The molecule has 0 fully saturated rings. The van der Waals surface area contributed by atoms with Crippen molar-refractivity contribution in [3.8, 4) is 0 Å². The number of Topliss-reactive ketones (excluding diaryl/α,β-unsaturated/α-hetero) is 1. The second-order valence-electron chi connectivity index (χ2n) is 3.75. The molecule has 0 saturated carbocycles. The van der Waals surface area contributed by atoms with E-state index in [0.29, 0.717) is 31.2 Å². The third-order valence-corrected chi connectivity index (χ3v) is 2.50. The van der Waals surface area contributed by atoms with E-state index in [1.807, 2.05) is 6.92 Å². The molecule has 0 aliphatic rings. The van der Waals surface area contributed by atoms with Gasteiger partial charge < -0.3 is 5.73 Å². The number of aromatic nitrogens is 6. The molecule has 0 spiro atoms. The van der Waals surface area contributed by atoms with E-state index in [1.165, 1.54) is 6.33 Å². The van der Waals surface area contributed by atoms with Crippen LogP contribution >= 0.6 is 0 Å². The predicted octanol–water partition coefficient (Wildman–Crippen LogP) is -0.726. The average molecular weight is 249 g/mol. The average Bonchev–Trinajstić information content (AvgIpc) is 2.98. The summed E-state index contributed by atoms with van der Waals surface area (Å²) in [5, 5.41) is 11.7. The second-order valence-corrected chi connectivity index (χ2v) is 3.75. The maximum atomic E-state index is 12.0. The molecule has 8 heteroatoms. The number of aryl methyl sites for hydroxylation is 1. The van der Waals surface area contributed by atoms with Crippen LogP contribution < -0.4 is 5.73 Å². The molecule has 0 bridgehead atoms. The Bertz CT molecular complexity index is 530. The van der Waals surface area contributed by atoms with Crippen LogP contribution in [-0.4, -0.2) is 42.1 Å². The summed E-state index contributed by atoms with van der Waals surface area (Å²) in [4.78, 5) is 16.0. The van der Waals surface area contributed by atoms with Crippen molar-refractivity contribution in [1.82, 2.24) is 29.8 Å². The number of nitrogens with two attached hydrogens (primary N) is 1. The Kier molecular flexibility index (Phi) is 3.78. The topological polar surface area (TPSA) is 105 Å². The summed E-state index contributed by atoms with van der Waals surface area (Å²) in [6.45, 7) is 3.63. The normalized spacial score (nSPS) is 10.8. The van der Waals surface area contributed by atoms with Crippen molar-refractivity contribution >= 4 is 5.78 Å². The van der Waals surface area contributed by atoms with Crippen molar-refractivity contribution in [2.45, 2.75) is 26.4 Å². The Hall–Kier alpha value is -2.09. The van der Waals surface area contributed by atoms with E-state index in [2.05, 4.69) is 20.4 Å². The molecule has 0 saturated heterocycles. The van der Waals surface area contributed by atoms with Crippen LogP contribution in [0, 0.1) is 0 Å². The summed E-state index contributed by atoms with van der Waals surface area (Å²) in [5.74, 6) is 0.511. The van der Waals surface area contributed by atoms with Crippen LogP contribution in [0.5, 0.6) is 0 Å². The minimum Gasteiger partial charge on any atom is -0.329 e. The zero-order chi connectivity index (χ0) is 13.0. The van der Waals surface area contributed by atoms with Crippen molar-refractivity contribution in [2.24, 2.45) is 5.73 Å². The van der Waals surface area contributed by atoms with Crippen molar-refractivity contribution in [2.75, 3.05) is 6.54 Å². The van der Waals surface area contributed by atoms with E-state index in [1.54, 1.807) is 15.6 Å². The molecule has 0 radical (unpaired) electrons. The van der Waals surface area contributed by atoms with E-state index in [-0.39, 0.29) is 12.2 Å². The van der Waals surface area contributed by atoms with Gasteiger partial charge in [-0.25, -0.2) is 9.67 Å². The number of ketones is 1. The van der Waals surface area contributed by atoms with Crippen molar-refractivity contribution in [1.29, 1.82) is 0 Å². The standard InChI is InChI=1S/C10H15N7O/c1-2-17-10(12-7-13-17)5-9(18)8-6-16(4-3-11)15-14-8/h6-7H,2-5,11H2,1H3. The van der Waals surface area contributed by atoms with Gasteiger partial charge in [0.2, 0.25) is 0 Å². The van der Waals surface area contributed by atoms with E-state index < -0.39 is 0 Å². The highest BCUT2D eigenvalue weighted by molar-refractivity contribution is 5.94. The van der Waals surface area contributed by atoms with Crippen LogP contribution in [0.1, 0.15) is 23.2 Å². The minimum atomic E-state index is -0.124. The highest BCUT2D eigenvalue weighted by atomic mass is 16.1. The van der Waals surface area contributed by atoms with Gasteiger partial charge in [-0.1, -0.05) is 5.21 Å². The maximum absolute atomic E-state index is 12.0. The van der Waals surface area contributed by atoms with Crippen LogP contribution in [0.15, 0.2) is 12.5 Å². The predicted molar refractivity (Wildman–Crippen MR) is 62.8 cm³/mol. The van der Waals surface area contributed by atoms with Gasteiger partial charge in [0, 0.05) is 13.1 Å². The molecule has 8 nitrogen and oxygen atoms in total. The Morgan fingerprint density at radius 2 is 2.33 bits per heavy atom. The van der Waals surface area contributed by atoms with E-state index >= 15 is 0 Å². The zero-order valence-electron chi connectivity index (χ0n) is 10.2. The van der Waals surface area contributed by atoms with Crippen molar-refractivity contribution in [3.05, 3.63) is 24.0 Å². The first-order valence-electron chi connectivity index (χ1n) is 5.74. The molecule has 0 aliphatic carbocycles. The van der Waals surface area contributed by atoms with E-state index in [4.69, 9.17) is 5.73 Å². The molecule has 2 N–H and O–H groups in total. The van der Waals surface area contributed by atoms with E-state index in [0.717, 1.165) is 0 Å². The molecule has 2 rings (SSSR count). The molecule has 2 aromatic heterocycles. The Balaban J connectivity index is 2.07. The third kappa shape index (κ3) is 2.59. The lowest BCUT2D eigenvalue weighted by Crippen LogP contribution is -2.11. The number of rotatable bonds is 6.